The number of nitrogens with zero attached hydrogens (tertiary/aromatic N) is 1. The van der Waals surface area contributed by atoms with Gasteiger partial charge in [-0.25, -0.2) is 0 Å². The third-order valence-corrected chi connectivity index (χ3v) is 2.88. The molecule has 0 spiro atoms. The summed E-state index contributed by atoms with van der Waals surface area (Å²) in [5.74, 6) is 0.158. The van der Waals surface area contributed by atoms with Crippen LogP contribution in [0.25, 0.3) is 0 Å². The van der Waals surface area contributed by atoms with Crippen LogP contribution in [0, 0.1) is 0 Å². The number of hydrogen-bond acceptors (Lipinski definition) is 1. The molecule has 17 heavy (non-hydrogen) atoms. The van der Waals surface area contributed by atoms with Gasteiger partial charge in [-0.15, -0.1) is 0 Å². The molecule has 0 N–H and O–H groups in total. The maximum absolute atomic E-state index is 11.6. The fraction of sp³-hybridized carbons (Fsp3) is 0.533. The highest BCUT2D eigenvalue weighted by molar-refractivity contribution is 5.74. The average molecular weight is 233 g/mol. The number of carbonyl (C=O) groups excluding carboxylic acids is 1. The Kier molecular flexibility index (Phi) is 4.73. The Balaban J connectivity index is 2.46. The van der Waals surface area contributed by atoms with Crippen LogP contribution in [0.1, 0.15) is 39.7 Å². The van der Waals surface area contributed by atoms with Gasteiger partial charge in [0.2, 0.25) is 5.91 Å². The second-order valence-electron chi connectivity index (χ2n) is 5.43. The summed E-state index contributed by atoms with van der Waals surface area (Å²) in [5.41, 5.74) is 1.26. The zero-order chi connectivity index (χ0) is 12.9. The summed E-state index contributed by atoms with van der Waals surface area (Å²) in [6.07, 6.45) is 2.04. The minimum Gasteiger partial charge on any atom is -0.338 e. The summed E-state index contributed by atoms with van der Waals surface area (Å²) in [7, 11) is 0. The number of benzene rings is 1. The molecule has 0 aliphatic heterocycles. The number of amides is 1. The summed E-state index contributed by atoms with van der Waals surface area (Å²) < 4.78 is 0. The Bertz CT molecular complexity index is 351. The van der Waals surface area contributed by atoms with E-state index in [4.69, 9.17) is 0 Å². The molecule has 0 fully saturated rings. The Morgan fingerprint density at radius 3 is 2.24 bits per heavy atom. The van der Waals surface area contributed by atoms with Crippen molar-refractivity contribution in [1.29, 1.82) is 0 Å². The van der Waals surface area contributed by atoms with Gasteiger partial charge in [0.15, 0.2) is 0 Å². The van der Waals surface area contributed by atoms with Gasteiger partial charge in [-0.1, -0.05) is 30.3 Å². The molecule has 0 radical (unpaired) electrons. The van der Waals surface area contributed by atoms with Crippen LogP contribution >= 0.6 is 0 Å². The Hall–Kier alpha value is -1.31. The van der Waals surface area contributed by atoms with Crippen LogP contribution in [0.5, 0.6) is 0 Å². The molecule has 2 nitrogen and oxygen atoms in total. The minimum absolute atomic E-state index is 0.0808. The van der Waals surface area contributed by atoms with Crippen molar-refractivity contribution in [2.24, 2.45) is 0 Å². The minimum atomic E-state index is -0.0808. The molecule has 0 aliphatic rings. The summed E-state index contributed by atoms with van der Waals surface area (Å²) in [6, 6.07) is 10.4. The van der Waals surface area contributed by atoms with Gasteiger partial charge >= 0.3 is 0 Å². The lowest BCUT2D eigenvalue weighted by molar-refractivity contribution is -0.133. The third-order valence-electron chi connectivity index (χ3n) is 2.88. The lowest BCUT2D eigenvalue weighted by Gasteiger charge is -2.35. The van der Waals surface area contributed by atoms with Crippen molar-refractivity contribution >= 4 is 5.91 Å². The molecule has 0 heterocycles. The van der Waals surface area contributed by atoms with Crippen LogP contribution < -0.4 is 0 Å². The van der Waals surface area contributed by atoms with E-state index in [1.165, 1.54) is 5.56 Å². The highest BCUT2D eigenvalue weighted by atomic mass is 16.2. The average Bonchev–Trinajstić information content (AvgIpc) is 2.23. The first-order valence-electron chi connectivity index (χ1n) is 6.23. The highest BCUT2D eigenvalue weighted by Gasteiger charge is 2.22. The van der Waals surface area contributed by atoms with Crippen molar-refractivity contribution in [3.8, 4) is 0 Å². The molecule has 0 aliphatic carbocycles. The van der Waals surface area contributed by atoms with Crippen LogP contribution in [0.4, 0.5) is 0 Å². The van der Waals surface area contributed by atoms with Crippen LogP contribution in [-0.2, 0) is 11.2 Å². The molecular weight excluding hydrogens is 210 g/mol. The van der Waals surface area contributed by atoms with Gasteiger partial charge in [0.25, 0.3) is 0 Å². The topological polar surface area (TPSA) is 20.3 Å². The molecule has 1 aromatic carbocycles. The van der Waals surface area contributed by atoms with Gasteiger partial charge in [0, 0.05) is 19.0 Å². The molecule has 2 heteroatoms. The van der Waals surface area contributed by atoms with Crippen LogP contribution in [-0.4, -0.2) is 22.9 Å². The third kappa shape index (κ3) is 4.59. The monoisotopic (exact) mass is 233 g/mol. The number of hydrogen-bond donors (Lipinski definition) is 0. The maximum Gasteiger partial charge on any atom is 0.219 e. The van der Waals surface area contributed by atoms with Gasteiger partial charge in [0.05, 0.1) is 0 Å². The number of rotatable bonds is 4. The summed E-state index contributed by atoms with van der Waals surface area (Å²) >= 11 is 0. The second-order valence-corrected chi connectivity index (χ2v) is 5.43. The Labute approximate surface area is 105 Å². The Morgan fingerprint density at radius 2 is 1.76 bits per heavy atom. The fourth-order valence-electron chi connectivity index (χ4n) is 2.05. The normalized spacial score (nSPS) is 11.3. The quantitative estimate of drug-likeness (QED) is 0.781. The summed E-state index contributed by atoms with van der Waals surface area (Å²) in [4.78, 5) is 13.5. The van der Waals surface area contributed by atoms with Gasteiger partial charge < -0.3 is 4.90 Å². The lowest BCUT2D eigenvalue weighted by Crippen LogP contribution is -2.45. The van der Waals surface area contributed by atoms with Gasteiger partial charge in [-0.2, -0.15) is 0 Å². The van der Waals surface area contributed by atoms with E-state index in [0.717, 1.165) is 19.4 Å². The van der Waals surface area contributed by atoms with Crippen molar-refractivity contribution < 1.29 is 4.79 Å². The molecule has 0 atom stereocenters. The molecule has 1 rings (SSSR count). The second kappa shape index (κ2) is 5.85. The summed E-state index contributed by atoms with van der Waals surface area (Å²) in [5, 5.41) is 0. The largest absolute Gasteiger partial charge is 0.338 e. The molecule has 0 aromatic heterocycles. The first-order chi connectivity index (χ1) is 7.91. The highest BCUT2D eigenvalue weighted by Crippen LogP contribution is 2.14. The summed E-state index contributed by atoms with van der Waals surface area (Å²) in [6.45, 7) is 8.71. The van der Waals surface area contributed by atoms with Crippen LogP contribution in [0.15, 0.2) is 30.3 Å². The predicted octanol–water partition coefficient (Wildman–Crippen LogP) is 3.27. The molecular formula is C15H23NO. The van der Waals surface area contributed by atoms with E-state index >= 15 is 0 Å². The Morgan fingerprint density at radius 1 is 1.18 bits per heavy atom. The van der Waals surface area contributed by atoms with E-state index in [1.807, 2.05) is 11.0 Å². The molecule has 0 saturated carbocycles. The van der Waals surface area contributed by atoms with Gasteiger partial charge in [-0.05, 0) is 39.2 Å². The molecule has 1 aromatic rings. The maximum atomic E-state index is 11.6. The molecule has 0 unspecified atom stereocenters. The van der Waals surface area contributed by atoms with Gasteiger partial charge in [0.1, 0.15) is 0 Å². The fourth-order valence-corrected chi connectivity index (χ4v) is 2.05. The SMILES string of the molecule is CC(=O)N(CCCc1ccccc1)C(C)(C)C. The van der Waals surface area contributed by atoms with E-state index in [0.29, 0.717) is 0 Å². The standard InChI is InChI=1S/C15H23NO/c1-13(17)16(15(2,3)4)12-8-11-14-9-6-5-7-10-14/h5-7,9-10H,8,11-12H2,1-4H3. The van der Waals surface area contributed by atoms with Crippen molar-refractivity contribution in [3.05, 3.63) is 35.9 Å². The van der Waals surface area contributed by atoms with E-state index < -0.39 is 0 Å². The first kappa shape index (κ1) is 13.8. The van der Waals surface area contributed by atoms with Crippen LogP contribution in [0.2, 0.25) is 0 Å². The molecule has 0 saturated heterocycles. The lowest BCUT2D eigenvalue weighted by atomic mass is 10.0. The number of aryl methyl sites for hydroxylation is 1. The van der Waals surface area contributed by atoms with Crippen molar-refractivity contribution in [1.82, 2.24) is 4.90 Å². The zero-order valence-corrected chi connectivity index (χ0v) is 11.4. The van der Waals surface area contributed by atoms with Crippen LogP contribution in [0.3, 0.4) is 0 Å². The van der Waals surface area contributed by atoms with E-state index in [9.17, 15) is 4.79 Å². The van der Waals surface area contributed by atoms with Crippen molar-refractivity contribution in [2.45, 2.75) is 46.1 Å². The first-order valence-corrected chi connectivity index (χ1v) is 6.23. The predicted molar refractivity (Wildman–Crippen MR) is 71.9 cm³/mol. The van der Waals surface area contributed by atoms with Gasteiger partial charge in [-0.3, -0.25) is 4.79 Å². The van der Waals surface area contributed by atoms with Crippen molar-refractivity contribution in [2.75, 3.05) is 6.54 Å². The van der Waals surface area contributed by atoms with Crippen molar-refractivity contribution in [3.63, 3.8) is 0 Å². The number of carbonyl (C=O) groups is 1. The van der Waals surface area contributed by atoms with E-state index in [2.05, 4.69) is 45.0 Å². The molecule has 0 bridgehead atoms. The zero-order valence-electron chi connectivity index (χ0n) is 11.4. The van der Waals surface area contributed by atoms with E-state index in [-0.39, 0.29) is 11.4 Å². The molecule has 94 valence electrons. The molecule has 1 amide bonds. The smallest absolute Gasteiger partial charge is 0.219 e. The van der Waals surface area contributed by atoms with E-state index in [1.54, 1.807) is 6.92 Å².